The summed E-state index contributed by atoms with van der Waals surface area (Å²) in [6.45, 7) is 0. The molecular weight excluding hydrogens is 272 g/mol. The first-order valence-electron chi connectivity index (χ1n) is 6.92. The van der Waals surface area contributed by atoms with Crippen LogP contribution in [0.25, 0.3) is 10.2 Å². The number of anilines is 1. The molecule has 20 heavy (non-hydrogen) atoms. The number of benzene rings is 1. The van der Waals surface area contributed by atoms with E-state index in [4.69, 9.17) is 5.73 Å². The second kappa shape index (κ2) is 4.43. The van der Waals surface area contributed by atoms with Crippen molar-refractivity contribution in [3.05, 3.63) is 23.8 Å². The van der Waals surface area contributed by atoms with Gasteiger partial charge in [0.25, 0.3) is 5.91 Å². The van der Waals surface area contributed by atoms with E-state index in [0.29, 0.717) is 22.8 Å². The molecule has 1 aromatic heterocycles. The SMILES string of the molecule is Nc1nc2cc(C(=O)N[C@@H]3C[C@H]4CC[C@@H]3N4)ccc2s1. The molecular formula is C14H16N4OS. The van der Waals surface area contributed by atoms with Gasteiger partial charge in [-0.1, -0.05) is 11.3 Å². The summed E-state index contributed by atoms with van der Waals surface area (Å²) in [5.41, 5.74) is 7.14. The zero-order chi connectivity index (χ0) is 13.7. The highest BCUT2D eigenvalue weighted by molar-refractivity contribution is 7.22. The van der Waals surface area contributed by atoms with Crippen LogP contribution in [0.3, 0.4) is 0 Å². The number of hydrogen-bond acceptors (Lipinski definition) is 5. The maximum Gasteiger partial charge on any atom is 0.251 e. The number of aromatic nitrogens is 1. The first kappa shape index (κ1) is 12.1. The van der Waals surface area contributed by atoms with E-state index >= 15 is 0 Å². The number of fused-ring (bicyclic) bond motifs is 3. The number of carbonyl (C=O) groups excluding carboxylic acids is 1. The third kappa shape index (κ3) is 1.96. The molecule has 2 aliphatic rings. The van der Waals surface area contributed by atoms with Gasteiger partial charge < -0.3 is 16.4 Å². The third-order valence-electron chi connectivity index (χ3n) is 4.28. The zero-order valence-electron chi connectivity index (χ0n) is 10.9. The number of carbonyl (C=O) groups is 1. The van der Waals surface area contributed by atoms with Crippen molar-refractivity contribution in [1.82, 2.24) is 15.6 Å². The van der Waals surface area contributed by atoms with Gasteiger partial charge >= 0.3 is 0 Å². The summed E-state index contributed by atoms with van der Waals surface area (Å²) in [5, 5.41) is 7.20. The van der Waals surface area contributed by atoms with Crippen LogP contribution < -0.4 is 16.4 Å². The summed E-state index contributed by atoms with van der Waals surface area (Å²) in [6, 6.07) is 6.87. The molecule has 0 saturated carbocycles. The fraction of sp³-hybridized carbons (Fsp3) is 0.429. The van der Waals surface area contributed by atoms with Crippen molar-refractivity contribution in [2.75, 3.05) is 5.73 Å². The maximum atomic E-state index is 12.3. The van der Waals surface area contributed by atoms with Crippen LogP contribution in [0, 0.1) is 0 Å². The highest BCUT2D eigenvalue weighted by Crippen LogP contribution is 2.29. The summed E-state index contributed by atoms with van der Waals surface area (Å²) in [6.07, 6.45) is 3.45. The molecule has 1 aromatic carbocycles. The summed E-state index contributed by atoms with van der Waals surface area (Å²) >= 11 is 1.44. The predicted molar refractivity (Wildman–Crippen MR) is 79.8 cm³/mol. The normalized spacial score (nSPS) is 28.1. The largest absolute Gasteiger partial charge is 0.375 e. The average molecular weight is 288 g/mol. The Kier molecular flexibility index (Phi) is 2.68. The lowest BCUT2D eigenvalue weighted by molar-refractivity contribution is 0.0931. The Balaban J connectivity index is 1.54. The van der Waals surface area contributed by atoms with Gasteiger partial charge in [0, 0.05) is 23.7 Å². The molecule has 0 aliphatic carbocycles. The molecule has 2 saturated heterocycles. The lowest BCUT2D eigenvalue weighted by atomic mass is 9.95. The van der Waals surface area contributed by atoms with E-state index in [2.05, 4.69) is 15.6 Å². The van der Waals surface area contributed by atoms with Gasteiger partial charge in [-0.05, 0) is 37.5 Å². The fourth-order valence-electron chi connectivity index (χ4n) is 3.32. The lowest BCUT2D eigenvalue weighted by Gasteiger charge is -2.21. The van der Waals surface area contributed by atoms with Gasteiger partial charge in [-0.15, -0.1) is 0 Å². The molecule has 0 spiro atoms. The number of thiazole rings is 1. The molecule has 2 bridgehead atoms. The van der Waals surface area contributed by atoms with Gasteiger partial charge in [-0.2, -0.15) is 0 Å². The fourth-order valence-corrected chi connectivity index (χ4v) is 4.04. The molecule has 4 N–H and O–H groups in total. The molecule has 4 rings (SSSR count). The van der Waals surface area contributed by atoms with Crippen LogP contribution in [0.4, 0.5) is 5.13 Å². The minimum absolute atomic E-state index is 0.0159. The predicted octanol–water partition coefficient (Wildman–Crippen LogP) is 1.50. The lowest BCUT2D eigenvalue weighted by Crippen LogP contribution is -2.42. The van der Waals surface area contributed by atoms with Crippen molar-refractivity contribution < 1.29 is 4.79 Å². The van der Waals surface area contributed by atoms with Crippen LogP contribution in [0.5, 0.6) is 0 Å². The van der Waals surface area contributed by atoms with Crippen LogP contribution >= 0.6 is 11.3 Å². The van der Waals surface area contributed by atoms with E-state index < -0.39 is 0 Å². The second-order valence-electron chi connectivity index (χ2n) is 5.60. The van der Waals surface area contributed by atoms with Crippen LogP contribution in [0.2, 0.25) is 0 Å². The molecule has 2 aromatic rings. The van der Waals surface area contributed by atoms with Gasteiger partial charge in [0.05, 0.1) is 10.2 Å². The summed E-state index contributed by atoms with van der Waals surface area (Å²) in [5.74, 6) is -0.0159. The standard InChI is InChI=1S/C14H16N4OS/c15-14-18-11-5-7(1-4-12(11)20-14)13(19)17-10-6-8-2-3-9(10)16-8/h1,4-5,8-10,16H,2-3,6H2,(H2,15,18)(H,17,19)/t8-,9+,10-/m1/s1. The van der Waals surface area contributed by atoms with Crippen molar-refractivity contribution in [2.45, 2.75) is 37.4 Å². The van der Waals surface area contributed by atoms with E-state index in [1.807, 2.05) is 18.2 Å². The Hall–Kier alpha value is -1.66. The molecule has 0 radical (unpaired) electrons. The zero-order valence-corrected chi connectivity index (χ0v) is 11.7. The Bertz CT molecular complexity index is 683. The number of rotatable bonds is 2. The smallest absolute Gasteiger partial charge is 0.251 e. The van der Waals surface area contributed by atoms with E-state index in [-0.39, 0.29) is 11.9 Å². The minimum Gasteiger partial charge on any atom is -0.375 e. The number of nitrogens with two attached hydrogens (primary N) is 1. The molecule has 3 heterocycles. The van der Waals surface area contributed by atoms with Crippen molar-refractivity contribution in [3.63, 3.8) is 0 Å². The van der Waals surface area contributed by atoms with Crippen molar-refractivity contribution in [2.24, 2.45) is 0 Å². The first-order chi connectivity index (χ1) is 9.69. The van der Waals surface area contributed by atoms with Crippen LogP contribution in [-0.2, 0) is 0 Å². The highest BCUT2D eigenvalue weighted by atomic mass is 32.1. The Labute approximate surface area is 120 Å². The summed E-state index contributed by atoms with van der Waals surface area (Å²) in [4.78, 5) is 16.6. The summed E-state index contributed by atoms with van der Waals surface area (Å²) in [7, 11) is 0. The Morgan fingerprint density at radius 2 is 2.35 bits per heavy atom. The minimum atomic E-state index is -0.0159. The third-order valence-corrected chi connectivity index (χ3v) is 5.15. The quantitative estimate of drug-likeness (QED) is 0.782. The van der Waals surface area contributed by atoms with E-state index in [1.165, 1.54) is 17.8 Å². The van der Waals surface area contributed by atoms with E-state index in [1.54, 1.807) is 0 Å². The van der Waals surface area contributed by atoms with Gasteiger partial charge in [0.1, 0.15) is 0 Å². The van der Waals surface area contributed by atoms with Gasteiger partial charge in [-0.3, -0.25) is 4.79 Å². The number of nitrogens with one attached hydrogen (secondary N) is 2. The van der Waals surface area contributed by atoms with Crippen LogP contribution in [0.15, 0.2) is 18.2 Å². The van der Waals surface area contributed by atoms with Gasteiger partial charge in [0.15, 0.2) is 5.13 Å². The van der Waals surface area contributed by atoms with Gasteiger partial charge in [-0.25, -0.2) is 4.98 Å². The van der Waals surface area contributed by atoms with Crippen molar-refractivity contribution in [3.8, 4) is 0 Å². The van der Waals surface area contributed by atoms with Crippen LogP contribution in [-0.4, -0.2) is 29.0 Å². The maximum absolute atomic E-state index is 12.3. The number of nitrogen functional groups attached to an aromatic ring is 1. The highest BCUT2D eigenvalue weighted by Gasteiger charge is 2.39. The molecule has 1 amide bonds. The van der Waals surface area contributed by atoms with Crippen molar-refractivity contribution >= 4 is 32.6 Å². The number of hydrogen-bond donors (Lipinski definition) is 3. The van der Waals surface area contributed by atoms with E-state index in [9.17, 15) is 4.79 Å². The Morgan fingerprint density at radius 1 is 1.45 bits per heavy atom. The second-order valence-corrected chi connectivity index (χ2v) is 6.66. The van der Waals surface area contributed by atoms with E-state index in [0.717, 1.165) is 23.1 Å². The average Bonchev–Trinajstić information content (AvgIpc) is 3.10. The number of nitrogens with zero attached hydrogens (tertiary/aromatic N) is 1. The molecule has 3 atom stereocenters. The first-order valence-corrected chi connectivity index (χ1v) is 7.74. The van der Waals surface area contributed by atoms with Crippen LogP contribution in [0.1, 0.15) is 29.6 Å². The molecule has 5 nitrogen and oxygen atoms in total. The van der Waals surface area contributed by atoms with Crippen molar-refractivity contribution in [1.29, 1.82) is 0 Å². The Morgan fingerprint density at radius 3 is 3.10 bits per heavy atom. The topological polar surface area (TPSA) is 80.0 Å². The molecule has 6 heteroatoms. The molecule has 104 valence electrons. The monoisotopic (exact) mass is 288 g/mol. The number of amides is 1. The summed E-state index contributed by atoms with van der Waals surface area (Å²) < 4.78 is 1.01. The van der Waals surface area contributed by atoms with Gasteiger partial charge in [0.2, 0.25) is 0 Å². The molecule has 2 aliphatic heterocycles. The molecule has 2 fully saturated rings. The molecule has 0 unspecified atom stereocenters.